The van der Waals surface area contributed by atoms with E-state index in [9.17, 15) is 0 Å². The number of fused-ring (bicyclic) bond motifs is 6. The van der Waals surface area contributed by atoms with Crippen LogP contribution in [0.3, 0.4) is 0 Å². The number of hydrogen-bond acceptors (Lipinski definition) is 2. The van der Waals surface area contributed by atoms with E-state index in [2.05, 4.69) is 187 Å². The minimum absolute atomic E-state index is 1.07. The summed E-state index contributed by atoms with van der Waals surface area (Å²) in [4.78, 5) is 4.75. The molecule has 0 fully saturated rings. The molecule has 2 nitrogen and oxygen atoms in total. The van der Waals surface area contributed by atoms with Gasteiger partial charge >= 0.3 is 0 Å². The monoisotopic (exact) mass is 684 g/mol. The van der Waals surface area contributed by atoms with E-state index >= 15 is 0 Å². The van der Waals surface area contributed by atoms with Crippen molar-refractivity contribution < 1.29 is 0 Å². The van der Waals surface area contributed by atoms with E-state index in [4.69, 9.17) is 4.98 Å². The molecule has 0 N–H and O–H groups in total. The van der Waals surface area contributed by atoms with Crippen LogP contribution in [0.25, 0.3) is 58.9 Å². The summed E-state index contributed by atoms with van der Waals surface area (Å²) < 4.78 is 4.89. The van der Waals surface area contributed by atoms with Gasteiger partial charge in [-0.25, -0.2) is 0 Å². The molecule has 0 bridgehead atoms. The van der Waals surface area contributed by atoms with Gasteiger partial charge in [0.15, 0.2) is 8.07 Å². The third-order valence-corrected chi connectivity index (χ3v) is 16.3. The first kappa shape index (κ1) is 29.8. The Morgan fingerprint density at radius 1 is 0.412 bits per heavy atom. The zero-order valence-electron chi connectivity index (χ0n) is 27.8. The summed E-state index contributed by atoms with van der Waals surface area (Å²) in [6, 6.07) is 69.6. The molecule has 0 saturated heterocycles. The Kier molecular flexibility index (Phi) is 7.05. The second-order valence-corrected chi connectivity index (χ2v) is 18.0. The minimum atomic E-state index is -2.65. The Labute approximate surface area is 301 Å². The first-order chi connectivity index (χ1) is 25.3. The van der Waals surface area contributed by atoms with Crippen LogP contribution in [-0.4, -0.2) is 17.6 Å². The molecule has 0 amide bonds. The fourth-order valence-corrected chi connectivity index (χ4v) is 14.0. The van der Waals surface area contributed by atoms with Crippen LogP contribution in [0, 0.1) is 0 Å². The summed E-state index contributed by atoms with van der Waals surface area (Å²) in [5.74, 6) is 0. The summed E-state index contributed by atoms with van der Waals surface area (Å²) in [6.45, 7) is 0. The lowest BCUT2D eigenvalue weighted by Gasteiger charge is -2.34. The predicted molar refractivity (Wildman–Crippen MR) is 221 cm³/mol. The van der Waals surface area contributed by atoms with E-state index in [1.54, 1.807) is 11.3 Å². The van der Waals surface area contributed by atoms with Gasteiger partial charge in [0.05, 0.1) is 21.3 Å². The van der Waals surface area contributed by atoms with Gasteiger partial charge in [0.25, 0.3) is 0 Å². The van der Waals surface area contributed by atoms with E-state index in [0.29, 0.717) is 0 Å². The number of nitrogens with zero attached hydrogens (tertiary/aromatic N) is 2. The highest BCUT2D eigenvalue weighted by Gasteiger charge is 2.41. The van der Waals surface area contributed by atoms with Crippen molar-refractivity contribution >= 4 is 82.3 Å². The Bertz CT molecular complexity index is 2760. The van der Waals surface area contributed by atoms with Crippen LogP contribution < -0.4 is 20.7 Å². The minimum Gasteiger partial charge on any atom is -0.309 e. The van der Waals surface area contributed by atoms with Gasteiger partial charge in [-0.15, -0.1) is 11.3 Å². The normalized spacial score (nSPS) is 11.9. The van der Waals surface area contributed by atoms with E-state index in [1.165, 1.54) is 68.5 Å². The Hall–Kier alpha value is -6.07. The van der Waals surface area contributed by atoms with Gasteiger partial charge in [-0.05, 0) is 80.4 Å². The molecule has 10 aromatic rings. The SMILES string of the molecule is c1ccc([Si](c2ccccc2)(c2ccccc2)c2cccc(-c3ccc4c(c3)c3ccccc3n4-c3ccc4sc5cccnc5c4c3)c2)cc1. The molecule has 0 aliphatic rings. The largest absolute Gasteiger partial charge is 0.309 e. The van der Waals surface area contributed by atoms with Crippen LogP contribution >= 0.6 is 11.3 Å². The van der Waals surface area contributed by atoms with Gasteiger partial charge in [0.1, 0.15) is 0 Å². The van der Waals surface area contributed by atoms with E-state index in [1.807, 2.05) is 12.3 Å². The van der Waals surface area contributed by atoms with Crippen LogP contribution in [0.15, 0.2) is 194 Å². The number of thiophene rings is 1. The van der Waals surface area contributed by atoms with Gasteiger partial charge in [-0.3, -0.25) is 4.98 Å². The lowest BCUT2D eigenvalue weighted by atomic mass is 10.0. The van der Waals surface area contributed by atoms with Crippen molar-refractivity contribution in [2.75, 3.05) is 0 Å². The van der Waals surface area contributed by atoms with Gasteiger partial charge in [-0.2, -0.15) is 0 Å². The lowest BCUT2D eigenvalue weighted by molar-refractivity contribution is 1.19. The maximum absolute atomic E-state index is 4.75. The number of aromatic nitrogens is 2. The molecule has 240 valence electrons. The van der Waals surface area contributed by atoms with E-state index < -0.39 is 8.07 Å². The fraction of sp³-hybridized carbons (Fsp3) is 0. The molecule has 4 heteroatoms. The van der Waals surface area contributed by atoms with Crippen molar-refractivity contribution in [3.63, 3.8) is 0 Å². The van der Waals surface area contributed by atoms with Crippen LogP contribution in [-0.2, 0) is 0 Å². The highest BCUT2D eigenvalue weighted by Crippen LogP contribution is 2.38. The molecule has 3 aromatic heterocycles. The number of hydrogen-bond donors (Lipinski definition) is 0. The first-order valence-electron chi connectivity index (χ1n) is 17.4. The molecule has 0 aliphatic carbocycles. The van der Waals surface area contributed by atoms with Crippen molar-refractivity contribution in [3.05, 3.63) is 194 Å². The summed E-state index contributed by atoms with van der Waals surface area (Å²) >= 11 is 1.80. The molecule has 0 atom stereocenters. The molecule has 3 heterocycles. The molecule has 10 rings (SSSR count). The van der Waals surface area contributed by atoms with Crippen molar-refractivity contribution in [3.8, 4) is 16.8 Å². The third-order valence-electron chi connectivity index (χ3n) is 10.4. The molecule has 51 heavy (non-hydrogen) atoms. The quantitative estimate of drug-likeness (QED) is 0.126. The van der Waals surface area contributed by atoms with Crippen molar-refractivity contribution in [1.82, 2.24) is 9.55 Å². The Balaban J connectivity index is 1.17. The van der Waals surface area contributed by atoms with E-state index in [-0.39, 0.29) is 0 Å². The molecule has 0 spiro atoms. The Morgan fingerprint density at radius 2 is 1.04 bits per heavy atom. The lowest BCUT2D eigenvalue weighted by Crippen LogP contribution is -2.74. The van der Waals surface area contributed by atoms with Crippen molar-refractivity contribution in [2.45, 2.75) is 0 Å². The van der Waals surface area contributed by atoms with Gasteiger partial charge < -0.3 is 4.57 Å². The number of rotatable bonds is 6. The topological polar surface area (TPSA) is 17.8 Å². The molecular formula is C47H32N2SSi. The smallest absolute Gasteiger partial charge is 0.179 e. The number of pyridine rings is 1. The number of para-hydroxylation sites is 1. The van der Waals surface area contributed by atoms with Gasteiger partial charge in [0, 0.05) is 32.7 Å². The van der Waals surface area contributed by atoms with Crippen LogP contribution in [0.1, 0.15) is 0 Å². The van der Waals surface area contributed by atoms with Crippen LogP contribution in [0.4, 0.5) is 0 Å². The standard InChI is InChI=1S/C47H32N2SSi/c1-4-15-36(16-5-1)51(37-17-6-2-7-18-37,38-19-8-3-9-20-38)39-21-12-14-33(30-39)34-25-27-44-41(31-34)40-22-10-11-23-43(40)49(44)35-26-28-45-42(32-35)47-46(50-45)24-13-29-48-47/h1-32H. The molecule has 7 aromatic carbocycles. The maximum atomic E-state index is 4.75. The second-order valence-electron chi connectivity index (χ2n) is 13.1. The average Bonchev–Trinajstić information content (AvgIpc) is 3.75. The van der Waals surface area contributed by atoms with Gasteiger partial charge in [-0.1, -0.05) is 140 Å². The average molecular weight is 685 g/mol. The highest BCUT2D eigenvalue weighted by atomic mass is 32.1. The molecular weight excluding hydrogens is 653 g/mol. The molecule has 0 saturated carbocycles. The molecule has 0 radical (unpaired) electrons. The zero-order chi connectivity index (χ0) is 33.8. The molecule has 0 unspecified atom stereocenters. The summed E-state index contributed by atoms with van der Waals surface area (Å²) in [5.41, 5.74) is 7.07. The van der Waals surface area contributed by atoms with Crippen LogP contribution in [0.5, 0.6) is 0 Å². The van der Waals surface area contributed by atoms with E-state index in [0.717, 1.165) is 11.2 Å². The predicted octanol–water partition coefficient (Wildman–Crippen LogP) is 9.59. The van der Waals surface area contributed by atoms with Crippen LogP contribution in [0.2, 0.25) is 0 Å². The summed E-state index contributed by atoms with van der Waals surface area (Å²) in [5, 5.41) is 9.21. The zero-order valence-corrected chi connectivity index (χ0v) is 29.6. The Morgan fingerprint density at radius 3 is 1.76 bits per heavy atom. The number of benzene rings is 7. The summed E-state index contributed by atoms with van der Waals surface area (Å²) in [6.07, 6.45) is 1.89. The highest BCUT2D eigenvalue weighted by molar-refractivity contribution is 7.25. The van der Waals surface area contributed by atoms with Crippen molar-refractivity contribution in [2.24, 2.45) is 0 Å². The van der Waals surface area contributed by atoms with Crippen molar-refractivity contribution in [1.29, 1.82) is 0 Å². The molecule has 0 aliphatic heterocycles. The van der Waals surface area contributed by atoms with Gasteiger partial charge in [0.2, 0.25) is 0 Å². The summed E-state index contributed by atoms with van der Waals surface area (Å²) in [7, 11) is -2.65. The second kappa shape index (κ2) is 12.1. The first-order valence-corrected chi connectivity index (χ1v) is 20.2. The third kappa shape index (κ3) is 4.72. The fourth-order valence-electron chi connectivity index (χ4n) is 8.15. The maximum Gasteiger partial charge on any atom is 0.179 e.